The van der Waals surface area contributed by atoms with Crippen LogP contribution >= 0.6 is 22.6 Å². The SMILES string of the molecule is CC1(C)CN(Cc2ccc(I)nc2)CCN1. The van der Waals surface area contributed by atoms with E-state index in [0.29, 0.717) is 0 Å². The minimum absolute atomic E-state index is 0.231. The first-order valence-electron chi connectivity index (χ1n) is 5.63. The van der Waals surface area contributed by atoms with Crippen LogP contribution in [0.3, 0.4) is 0 Å². The van der Waals surface area contributed by atoms with Gasteiger partial charge in [-0.05, 0) is 48.1 Å². The minimum Gasteiger partial charge on any atom is -0.309 e. The highest BCUT2D eigenvalue weighted by atomic mass is 127. The number of halogens is 1. The molecule has 4 heteroatoms. The third kappa shape index (κ3) is 3.40. The van der Waals surface area contributed by atoms with Crippen LogP contribution in [-0.4, -0.2) is 35.1 Å². The molecule has 1 aliphatic heterocycles. The van der Waals surface area contributed by atoms with Gasteiger partial charge in [-0.25, -0.2) is 0 Å². The van der Waals surface area contributed by atoms with Crippen LogP contribution in [0.15, 0.2) is 18.3 Å². The molecule has 0 spiro atoms. The van der Waals surface area contributed by atoms with E-state index in [1.807, 2.05) is 6.20 Å². The standard InChI is InChI=1S/C12H18IN3/c1-12(2)9-16(6-5-15-12)8-10-3-4-11(13)14-7-10/h3-4,7,15H,5-6,8-9H2,1-2H3. The molecule has 2 heterocycles. The van der Waals surface area contributed by atoms with E-state index in [-0.39, 0.29) is 5.54 Å². The van der Waals surface area contributed by atoms with E-state index in [2.05, 4.69) is 63.8 Å². The van der Waals surface area contributed by atoms with Crippen LogP contribution in [0.25, 0.3) is 0 Å². The van der Waals surface area contributed by atoms with Gasteiger partial charge in [0.15, 0.2) is 0 Å². The van der Waals surface area contributed by atoms with Crippen molar-refractivity contribution in [2.45, 2.75) is 25.9 Å². The van der Waals surface area contributed by atoms with Crippen molar-refractivity contribution in [1.82, 2.24) is 15.2 Å². The average molecular weight is 331 g/mol. The van der Waals surface area contributed by atoms with Gasteiger partial charge in [0.25, 0.3) is 0 Å². The molecule has 1 fully saturated rings. The Labute approximate surface area is 111 Å². The van der Waals surface area contributed by atoms with Crippen LogP contribution in [0.5, 0.6) is 0 Å². The number of pyridine rings is 1. The zero-order chi connectivity index (χ0) is 11.6. The number of hydrogen-bond acceptors (Lipinski definition) is 3. The van der Waals surface area contributed by atoms with Crippen LogP contribution in [0.2, 0.25) is 0 Å². The van der Waals surface area contributed by atoms with Gasteiger partial charge in [-0.1, -0.05) is 6.07 Å². The summed E-state index contributed by atoms with van der Waals surface area (Å²) >= 11 is 2.24. The summed E-state index contributed by atoms with van der Waals surface area (Å²) in [5, 5.41) is 3.52. The lowest BCUT2D eigenvalue weighted by Crippen LogP contribution is -2.56. The highest BCUT2D eigenvalue weighted by molar-refractivity contribution is 14.1. The smallest absolute Gasteiger partial charge is 0.101 e. The molecule has 16 heavy (non-hydrogen) atoms. The summed E-state index contributed by atoms with van der Waals surface area (Å²) in [5.41, 5.74) is 1.53. The Morgan fingerprint density at radius 2 is 2.31 bits per heavy atom. The van der Waals surface area contributed by atoms with Gasteiger partial charge < -0.3 is 5.32 Å². The second-order valence-corrected chi connectivity index (χ2v) is 6.12. The van der Waals surface area contributed by atoms with Crippen molar-refractivity contribution in [3.05, 3.63) is 27.6 Å². The first-order valence-corrected chi connectivity index (χ1v) is 6.71. The summed E-state index contributed by atoms with van der Waals surface area (Å²) in [6.07, 6.45) is 1.98. The Morgan fingerprint density at radius 1 is 1.50 bits per heavy atom. The molecule has 0 radical (unpaired) electrons. The zero-order valence-corrected chi connectivity index (χ0v) is 12.0. The van der Waals surface area contributed by atoms with Gasteiger partial charge in [-0.3, -0.25) is 9.88 Å². The molecule has 0 amide bonds. The molecule has 0 saturated carbocycles. The third-order valence-electron chi connectivity index (χ3n) is 2.85. The van der Waals surface area contributed by atoms with Gasteiger partial charge in [0.05, 0.1) is 0 Å². The van der Waals surface area contributed by atoms with Crippen molar-refractivity contribution in [3.63, 3.8) is 0 Å². The second kappa shape index (κ2) is 4.98. The van der Waals surface area contributed by atoms with Gasteiger partial charge in [-0.2, -0.15) is 0 Å². The van der Waals surface area contributed by atoms with E-state index >= 15 is 0 Å². The molecule has 1 aromatic heterocycles. The Morgan fingerprint density at radius 3 is 2.94 bits per heavy atom. The summed E-state index contributed by atoms with van der Waals surface area (Å²) in [5.74, 6) is 0. The number of nitrogens with zero attached hydrogens (tertiary/aromatic N) is 2. The predicted molar refractivity (Wildman–Crippen MR) is 74.3 cm³/mol. The van der Waals surface area contributed by atoms with Crippen molar-refractivity contribution in [2.75, 3.05) is 19.6 Å². The van der Waals surface area contributed by atoms with E-state index in [4.69, 9.17) is 0 Å². The molecule has 1 aromatic rings. The monoisotopic (exact) mass is 331 g/mol. The first-order chi connectivity index (χ1) is 7.55. The van der Waals surface area contributed by atoms with Crippen molar-refractivity contribution in [1.29, 1.82) is 0 Å². The van der Waals surface area contributed by atoms with E-state index in [0.717, 1.165) is 29.9 Å². The summed E-state index contributed by atoms with van der Waals surface area (Å²) in [6, 6.07) is 4.24. The second-order valence-electron chi connectivity index (χ2n) is 5.01. The molecular formula is C12H18IN3. The maximum Gasteiger partial charge on any atom is 0.101 e. The molecule has 0 aromatic carbocycles. The molecule has 0 atom stereocenters. The van der Waals surface area contributed by atoms with Crippen LogP contribution < -0.4 is 5.32 Å². The van der Waals surface area contributed by atoms with Crippen LogP contribution in [0, 0.1) is 3.70 Å². The van der Waals surface area contributed by atoms with E-state index < -0.39 is 0 Å². The fourth-order valence-corrected chi connectivity index (χ4v) is 2.46. The highest BCUT2D eigenvalue weighted by Gasteiger charge is 2.25. The van der Waals surface area contributed by atoms with Crippen molar-refractivity contribution >= 4 is 22.6 Å². The molecule has 0 aliphatic carbocycles. The summed E-state index contributed by atoms with van der Waals surface area (Å²) in [4.78, 5) is 6.81. The van der Waals surface area contributed by atoms with Gasteiger partial charge in [0.1, 0.15) is 3.70 Å². The van der Waals surface area contributed by atoms with E-state index in [9.17, 15) is 0 Å². The van der Waals surface area contributed by atoms with Gasteiger partial charge in [0.2, 0.25) is 0 Å². The Balaban J connectivity index is 1.97. The molecular weight excluding hydrogens is 313 g/mol. The zero-order valence-electron chi connectivity index (χ0n) is 9.83. The van der Waals surface area contributed by atoms with Crippen molar-refractivity contribution in [2.24, 2.45) is 0 Å². The van der Waals surface area contributed by atoms with Crippen molar-refractivity contribution in [3.8, 4) is 0 Å². The normalized spacial score (nSPS) is 20.9. The summed E-state index contributed by atoms with van der Waals surface area (Å²) in [7, 11) is 0. The maximum absolute atomic E-state index is 4.33. The fraction of sp³-hybridized carbons (Fsp3) is 0.583. The number of aromatic nitrogens is 1. The van der Waals surface area contributed by atoms with Gasteiger partial charge >= 0.3 is 0 Å². The molecule has 1 aliphatic rings. The van der Waals surface area contributed by atoms with Gasteiger partial charge in [0, 0.05) is 37.9 Å². The minimum atomic E-state index is 0.231. The Bertz CT molecular complexity index is 348. The molecule has 2 rings (SSSR count). The van der Waals surface area contributed by atoms with E-state index in [1.54, 1.807) is 0 Å². The first kappa shape index (κ1) is 12.3. The largest absolute Gasteiger partial charge is 0.309 e. The fourth-order valence-electron chi connectivity index (χ4n) is 2.14. The molecule has 3 nitrogen and oxygen atoms in total. The maximum atomic E-state index is 4.33. The predicted octanol–water partition coefficient (Wildman–Crippen LogP) is 1.87. The highest BCUT2D eigenvalue weighted by Crippen LogP contribution is 2.13. The molecule has 0 bridgehead atoms. The van der Waals surface area contributed by atoms with Crippen LogP contribution in [0.1, 0.15) is 19.4 Å². The Kier molecular flexibility index (Phi) is 3.81. The lowest BCUT2D eigenvalue weighted by Gasteiger charge is -2.39. The average Bonchev–Trinajstić information content (AvgIpc) is 2.20. The molecule has 1 N–H and O–H groups in total. The Hall–Kier alpha value is -0.200. The number of rotatable bonds is 2. The lowest BCUT2D eigenvalue weighted by atomic mass is 10.0. The molecule has 1 saturated heterocycles. The number of hydrogen-bond donors (Lipinski definition) is 1. The van der Waals surface area contributed by atoms with Crippen LogP contribution in [-0.2, 0) is 6.54 Å². The summed E-state index contributed by atoms with van der Waals surface area (Å²) in [6.45, 7) is 8.81. The lowest BCUT2D eigenvalue weighted by molar-refractivity contribution is 0.148. The van der Waals surface area contributed by atoms with Crippen LogP contribution in [0.4, 0.5) is 0 Å². The van der Waals surface area contributed by atoms with Gasteiger partial charge in [-0.15, -0.1) is 0 Å². The quantitative estimate of drug-likeness (QED) is 0.662. The van der Waals surface area contributed by atoms with E-state index in [1.165, 1.54) is 5.56 Å². The molecule has 0 unspecified atom stereocenters. The van der Waals surface area contributed by atoms with Crippen molar-refractivity contribution < 1.29 is 0 Å². The molecule has 88 valence electrons. The number of piperazine rings is 1. The third-order valence-corrected chi connectivity index (χ3v) is 3.48. The summed E-state index contributed by atoms with van der Waals surface area (Å²) < 4.78 is 1.06. The topological polar surface area (TPSA) is 28.2 Å². The number of nitrogens with one attached hydrogen (secondary N) is 1.